The van der Waals surface area contributed by atoms with Crippen molar-refractivity contribution in [1.82, 2.24) is 15.1 Å². The molecule has 0 aliphatic carbocycles. The van der Waals surface area contributed by atoms with E-state index in [0.29, 0.717) is 6.54 Å². The molecular weight excluding hydrogens is 375 g/mol. The summed E-state index contributed by atoms with van der Waals surface area (Å²) in [7, 11) is 0. The SMILES string of the molecule is O=C(c1ccc2n[nH]c(C(F)(F)F)c2c1)N1CCSCC1c1ccccc1. The number of rotatable bonds is 2. The molecule has 1 amide bonds. The highest BCUT2D eigenvalue weighted by atomic mass is 32.2. The van der Waals surface area contributed by atoms with Gasteiger partial charge in [0.1, 0.15) is 5.69 Å². The van der Waals surface area contributed by atoms with Crippen LogP contribution in [0.3, 0.4) is 0 Å². The number of nitrogens with zero attached hydrogens (tertiary/aromatic N) is 2. The molecule has 0 bridgehead atoms. The van der Waals surface area contributed by atoms with E-state index in [1.165, 1.54) is 18.2 Å². The summed E-state index contributed by atoms with van der Waals surface area (Å²) in [5, 5.41) is 5.63. The maximum absolute atomic E-state index is 13.2. The third kappa shape index (κ3) is 3.41. The molecule has 2 aromatic carbocycles. The quantitative estimate of drug-likeness (QED) is 0.699. The van der Waals surface area contributed by atoms with Crippen LogP contribution in [0.2, 0.25) is 0 Å². The van der Waals surface area contributed by atoms with Gasteiger partial charge in [0.25, 0.3) is 5.91 Å². The summed E-state index contributed by atoms with van der Waals surface area (Å²) < 4.78 is 39.5. The Hall–Kier alpha value is -2.48. The Labute approximate surface area is 157 Å². The minimum Gasteiger partial charge on any atom is -0.330 e. The van der Waals surface area contributed by atoms with E-state index >= 15 is 0 Å². The first-order valence-electron chi connectivity index (χ1n) is 8.44. The van der Waals surface area contributed by atoms with E-state index in [1.54, 1.807) is 16.7 Å². The molecule has 1 aliphatic rings. The second kappa shape index (κ2) is 6.92. The second-order valence-corrected chi connectivity index (χ2v) is 7.48. The van der Waals surface area contributed by atoms with E-state index in [1.807, 2.05) is 35.4 Å². The maximum atomic E-state index is 13.2. The molecule has 1 fully saturated rings. The molecule has 4 rings (SSSR count). The van der Waals surface area contributed by atoms with Crippen LogP contribution in [0, 0.1) is 0 Å². The molecule has 4 nitrogen and oxygen atoms in total. The van der Waals surface area contributed by atoms with Crippen LogP contribution >= 0.6 is 11.8 Å². The predicted octanol–water partition coefficient (Wildman–Crippen LogP) is 4.51. The van der Waals surface area contributed by atoms with E-state index in [-0.39, 0.29) is 28.4 Å². The molecule has 1 aliphatic heterocycles. The van der Waals surface area contributed by atoms with Gasteiger partial charge < -0.3 is 4.90 Å². The van der Waals surface area contributed by atoms with Crippen molar-refractivity contribution in [2.45, 2.75) is 12.2 Å². The first kappa shape index (κ1) is 17.9. The highest BCUT2D eigenvalue weighted by Gasteiger charge is 2.36. The van der Waals surface area contributed by atoms with Crippen molar-refractivity contribution in [3.8, 4) is 0 Å². The molecule has 0 saturated carbocycles. The summed E-state index contributed by atoms with van der Waals surface area (Å²) in [6.45, 7) is 0.554. The van der Waals surface area contributed by atoms with E-state index in [4.69, 9.17) is 0 Å². The average Bonchev–Trinajstić information content (AvgIpc) is 3.12. The summed E-state index contributed by atoms with van der Waals surface area (Å²) in [4.78, 5) is 14.9. The number of amides is 1. The topological polar surface area (TPSA) is 49.0 Å². The second-order valence-electron chi connectivity index (χ2n) is 6.33. The number of benzene rings is 2. The summed E-state index contributed by atoms with van der Waals surface area (Å²) >= 11 is 1.77. The number of nitrogens with one attached hydrogen (secondary N) is 1. The van der Waals surface area contributed by atoms with E-state index < -0.39 is 11.9 Å². The number of carbonyl (C=O) groups excluding carboxylic acids is 1. The lowest BCUT2D eigenvalue weighted by Crippen LogP contribution is -2.40. The Morgan fingerprint density at radius 2 is 1.96 bits per heavy atom. The summed E-state index contributed by atoms with van der Waals surface area (Å²) in [6, 6.07) is 13.9. The van der Waals surface area contributed by atoms with E-state index in [9.17, 15) is 18.0 Å². The van der Waals surface area contributed by atoms with Gasteiger partial charge in [-0.1, -0.05) is 30.3 Å². The largest absolute Gasteiger partial charge is 0.433 e. The lowest BCUT2D eigenvalue weighted by Gasteiger charge is -2.36. The van der Waals surface area contributed by atoms with Gasteiger partial charge >= 0.3 is 6.18 Å². The number of halogens is 3. The smallest absolute Gasteiger partial charge is 0.330 e. The van der Waals surface area contributed by atoms with E-state index in [2.05, 4.69) is 5.10 Å². The molecule has 1 unspecified atom stereocenters. The normalized spacial score (nSPS) is 18.0. The molecule has 0 radical (unpaired) electrons. The van der Waals surface area contributed by atoms with Crippen molar-refractivity contribution >= 4 is 28.6 Å². The zero-order valence-electron chi connectivity index (χ0n) is 14.2. The fraction of sp³-hybridized carbons (Fsp3) is 0.263. The van der Waals surface area contributed by atoms with Crippen LogP contribution in [-0.2, 0) is 6.18 Å². The molecule has 140 valence electrons. The number of thioether (sulfide) groups is 1. The van der Waals surface area contributed by atoms with Crippen molar-refractivity contribution in [3.63, 3.8) is 0 Å². The van der Waals surface area contributed by atoms with Gasteiger partial charge in [0.15, 0.2) is 0 Å². The number of fused-ring (bicyclic) bond motifs is 1. The van der Waals surface area contributed by atoms with Gasteiger partial charge in [-0.2, -0.15) is 30.0 Å². The Kier molecular flexibility index (Phi) is 4.59. The van der Waals surface area contributed by atoms with Crippen LogP contribution in [0.5, 0.6) is 0 Å². The van der Waals surface area contributed by atoms with Crippen LogP contribution < -0.4 is 0 Å². The lowest BCUT2D eigenvalue weighted by molar-refractivity contribution is -0.139. The third-order valence-electron chi connectivity index (χ3n) is 4.66. The molecule has 1 saturated heterocycles. The van der Waals surface area contributed by atoms with Crippen molar-refractivity contribution in [3.05, 3.63) is 65.4 Å². The standard InChI is InChI=1S/C19H16F3N3OS/c20-19(21,22)17-14-10-13(6-7-15(14)23-24-17)18(26)25-8-9-27-11-16(25)12-4-2-1-3-5-12/h1-7,10,16H,8-9,11H2,(H,23,24). The molecular formula is C19H16F3N3OS. The van der Waals surface area contributed by atoms with Crippen LogP contribution in [0.15, 0.2) is 48.5 Å². The van der Waals surface area contributed by atoms with Gasteiger partial charge in [0.05, 0.1) is 11.6 Å². The first-order chi connectivity index (χ1) is 12.9. The number of hydrogen-bond acceptors (Lipinski definition) is 3. The highest BCUT2D eigenvalue weighted by molar-refractivity contribution is 7.99. The molecule has 3 aromatic rings. The van der Waals surface area contributed by atoms with Gasteiger partial charge in [0.2, 0.25) is 0 Å². The van der Waals surface area contributed by atoms with Crippen LogP contribution in [0.1, 0.15) is 27.7 Å². The van der Waals surface area contributed by atoms with Gasteiger partial charge in [-0.25, -0.2) is 0 Å². The summed E-state index contributed by atoms with van der Waals surface area (Å²) in [5.41, 5.74) is 0.522. The van der Waals surface area contributed by atoms with Crippen LogP contribution in [-0.4, -0.2) is 39.1 Å². The third-order valence-corrected chi connectivity index (χ3v) is 5.68. The first-order valence-corrected chi connectivity index (χ1v) is 9.59. The van der Waals surface area contributed by atoms with Crippen molar-refractivity contribution < 1.29 is 18.0 Å². The number of H-pyrrole nitrogens is 1. The van der Waals surface area contributed by atoms with Crippen LogP contribution in [0.25, 0.3) is 10.9 Å². The number of hydrogen-bond donors (Lipinski definition) is 1. The predicted molar refractivity (Wildman–Crippen MR) is 98.6 cm³/mol. The molecule has 1 N–H and O–H groups in total. The minimum absolute atomic E-state index is 0.0870. The fourth-order valence-corrected chi connectivity index (χ4v) is 4.41. The molecule has 27 heavy (non-hydrogen) atoms. The number of aromatic amines is 1. The molecule has 1 aromatic heterocycles. The number of aromatic nitrogens is 2. The monoisotopic (exact) mass is 391 g/mol. The summed E-state index contributed by atoms with van der Waals surface area (Å²) in [6.07, 6.45) is -4.55. The maximum Gasteiger partial charge on any atom is 0.433 e. The molecule has 0 spiro atoms. The number of carbonyl (C=O) groups is 1. The minimum atomic E-state index is -4.55. The van der Waals surface area contributed by atoms with Gasteiger partial charge in [-0.15, -0.1) is 0 Å². The van der Waals surface area contributed by atoms with Gasteiger partial charge in [0, 0.05) is 29.0 Å². The zero-order chi connectivity index (χ0) is 19.0. The van der Waals surface area contributed by atoms with Gasteiger partial charge in [-0.05, 0) is 23.8 Å². The Morgan fingerprint density at radius 1 is 1.19 bits per heavy atom. The molecule has 1 atom stereocenters. The Balaban J connectivity index is 1.70. The van der Waals surface area contributed by atoms with Crippen molar-refractivity contribution in [1.29, 1.82) is 0 Å². The zero-order valence-corrected chi connectivity index (χ0v) is 15.0. The van der Waals surface area contributed by atoms with Gasteiger partial charge in [-0.3, -0.25) is 9.89 Å². The lowest BCUT2D eigenvalue weighted by atomic mass is 10.0. The van der Waals surface area contributed by atoms with E-state index in [0.717, 1.165) is 17.1 Å². The van der Waals surface area contributed by atoms with Crippen molar-refractivity contribution in [2.75, 3.05) is 18.1 Å². The molecule has 2 heterocycles. The summed E-state index contributed by atoms with van der Waals surface area (Å²) in [5.74, 6) is 1.30. The Bertz CT molecular complexity index is 971. The van der Waals surface area contributed by atoms with Crippen molar-refractivity contribution in [2.24, 2.45) is 0 Å². The highest BCUT2D eigenvalue weighted by Crippen LogP contribution is 2.35. The fourth-order valence-electron chi connectivity index (χ4n) is 3.32. The average molecular weight is 391 g/mol. The number of alkyl halides is 3. The van der Waals surface area contributed by atoms with Crippen LogP contribution in [0.4, 0.5) is 13.2 Å². The molecule has 8 heteroatoms. The Morgan fingerprint density at radius 3 is 2.70 bits per heavy atom.